The number of carbonyl (C=O) groups excluding carboxylic acids is 2. The fourth-order valence-corrected chi connectivity index (χ4v) is 1.50. The molecule has 5 nitrogen and oxygen atoms in total. The molecule has 0 bridgehead atoms. The molecule has 0 aromatic heterocycles. The lowest BCUT2D eigenvalue weighted by molar-refractivity contribution is -0.119. The molecule has 2 amide bonds. The Balaban J connectivity index is 2.88. The van der Waals surface area contributed by atoms with Crippen molar-refractivity contribution in [3.05, 3.63) is 24.0 Å². The number of nitrogens with two attached hydrogens (primary N) is 1. The summed E-state index contributed by atoms with van der Waals surface area (Å²) < 4.78 is 13.5. The van der Waals surface area contributed by atoms with Gasteiger partial charge in [0.25, 0.3) is 0 Å². The molecule has 6 heteroatoms. The Morgan fingerprint density at radius 1 is 1.25 bits per heavy atom. The van der Waals surface area contributed by atoms with Gasteiger partial charge < -0.3 is 16.4 Å². The lowest BCUT2D eigenvalue weighted by Crippen LogP contribution is -2.45. The number of anilines is 2. The molecule has 0 aliphatic heterocycles. The van der Waals surface area contributed by atoms with E-state index in [9.17, 15) is 14.0 Å². The van der Waals surface area contributed by atoms with Gasteiger partial charge in [0.05, 0.1) is 11.7 Å². The average Bonchev–Trinajstić information content (AvgIpc) is 2.30. The monoisotopic (exact) mass is 281 g/mol. The van der Waals surface area contributed by atoms with Gasteiger partial charge in [0.2, 0.25) is 11.8 Å². The maximum atomic E-state index is 13.5. The van der Waals surface area contributed by atoms with Gasteiger partial charge in [0, 0.05) is 12.6 Å². The van der Waals surface area contributed by atoms with Crippen LogP contribution in [0.15, 0.2) is 18.2 Å². The molecule has 0 spiro atoms. The van der Waals surface area contributed by atoms with Crippen molar-refractivity contribution >= 4 is 23.2 Å². The topological polar surface area (TPSA) is 84.2 Å². The number of nitrogens with one attached hydrogen (secondary N) is 2. The maximum Gasteiger partial charge on any atom is 0.241 e. The summed E-state index contributed by atoms with van der Waals surface area (Å²) in [5, 5.41) is 4.96. The first-order valence-corrected chi connectivity index (χ1v) is 6.25. The second-order valence-electron chi connectivity index (χ2n) is 5.71. The molecule has 0 fully saturated rings. The molecule has 110 valence electrons. The Morgan fingerprint density at radius 3 is 2.35 bits per heavy atom. The lowest BCUT2D eigenvalue weighted by Gasteiger charge is -2.25. The zero-order chi connectivity index (χ0) is 15.5. The first kappa shape index (κ1) is 16.1. The Morgan fingerprint density at radius 2 is 1.85 bits per heavy atom. The summed E-state index contributed by atoms with van der Waals surface area (Å²) in [4.78, 5) is 22.9. The van der Waals surface area contributed by atoms with Crippen LogP contribution in [-0.4, -0.2) is 17.9 Å². The van der Waals surface area contributed by atoms with Gasteiger partial charge in [0.15, 0.2) is 0 Å². The molecule has 0 saturated carbocycles. The van der Waals surface area contributed by atoms with E-state index in [1.807, 2.05) is 20.8 Å². The number of amides is 2. The summed E-state index contributed by atoms with van der Waals surface area (Å²) in [6.07, 6.45) is 0. The van der Waals surface area contributed by atoms with Crippen LogP contribution in [-0.2, 0) is 9.59 Å². The second-order valence-corrected chi connectivity index (χ2v) is 5.71. The number of hydrogen-bond acceptors (Lipinski definition) is 3. The van der Waals surface area contributed by atoms with Gasteiger partial charge in [-0.1, -0.05) is 20.8 Å². The van der Waals surface area contributed by atoms with Crippen LogP contribution in [0.2, 0.25) is 0 Å². The zero-order valence-electron chi connectivity index (χ0n) is 12.1. The molecule has 0 aliphatic rings. The van der Waals surface area contributed by atoms with Crippen LogP contribution in [0.1, 0.15) is 27.7 Å². The summed E-state index contributed by atoms with van der Waals surface area (Å²) in [7, 11) is 0. The number of carbonyl (C=O) groups is 2. The number of halogens is 1. The summed E-state index contributed by atoms with van der Waals surface area (Å²) in [5.41, 5.74) is 5.84. The molecule has 1 rings (SSSR count). The summed E-state index contributed by atoms with van der Waals surface area (Å²) in [5.74, 6) is -1.32. The van der Waals surface area contributed by atoms with Crippen molar-refractivity contribution in [2.24, 2.45) is 11.1 Å². The average molecular weight is 281 g/mol. The number of benzene rings is 1. The highest BCUT2D eigenvalue weighted by molar-refractivity contribution is 5.96. The molecule has 4 N–H and O–H groups in total. The van der Waals surface area contributed by atoms with E-state index in [1.165, 1.54) is 25.1 Å². The van der Waals surface area contributed by atoms with Crippen LogP contribution in [0.4, 0.5) is 15.8 Å². The quantitative estimate of drug-likeness (QED) is 0.793. The van der Waals surface area contributed by atoms with Crippen LogP contribution >= 0.6 is 0 Å². The lowest BCUT2D eigenvalue weighted by atomic mass is 9.87. The first-order chi connectivity index (χ1) is 9.11. The van der Waals surface area contributed by atoms with E-state index in [0.29, 0.717) is 5.69 Å². The Hall–Kier alpha value is -1.95. The van der Waals surface area contributed by atoms with Crippen molar-refractivity contribution < 1.29 is 14.0 Å². The minimum atomic E-state index is -0.697. The van der Waals surface area contributed by atoms with E-state index in [0.717, 1.165) is 0 Å². The third-order valence-corrected chi connectivity index (χ3v) is 2.76. The highest BCUT2D eigenvalue weighted by atomic mass is 19.1. The fourth-order valence-electron chi connectivity index (χ4n) is 1.50. The SMILES string of the molecule is CC(=O)Nc1cc(NC(=O)C(N)C(C)(C)C)ccc1F. The molecular weight excluding hydrogens is 261 g/mol. The highest BCUT2D eigenvalue weighted by Crippen LogP contribution is 2.22. The molecule has 0 heterocycles. The van der Waals surface area contributed by atoms with Crippen LogP contribution < -0.4 is 16.4 Å². The molecule has 0 radical (unpaired) electrons. The van der Waals surface area contributed by atoms with Gasteiger partial charge in [-0.15, -0.1) is 0 Å². The Labute approximate surface area is 117 Å². The van der Waals surface area contributed by atoms with E-state index in [-0.39, 0.29) is 17.0 Å². The molecular formula is C14H20FN3O2. The largest absolute Gasteiger partial charge is 0.325 e. The standard InChI is InChI=1S/C14H20FN3O2/c1-8(19)17-11-7-9(5-6-10(11)15)18-13(20)12(16)14(2,3)4/h5-7,12H,16H2,1-4H3,(H,17,19)(H,18,20). The first-order valence-electron chi connectivity index (χ1n) is 6.25. The molecule has 1 aromatic rings. The third-order valence-electron chi connectivity index (χ3n) is 2.76. The van der Waals surface area contributed by atoms with Gasteiger partial charge in [0.1, 0.15) is 5.82 Å². The predicted octanol–water partition coefficient (Wildman–Crippen LogP) is 2.10. The third kappa shape index (κ3) is 4.31. The van der Waals surface area contributed by atoms with Gasteiger partial charge in [-0.25, -0.2) is 4.39 Å². The maximum absolute atomic E-state index is 13.5. The van der Waals surface area contributed by atoms with E-state index in [2.05, 4.69) is 10.6 Å². The Bertz CT molecular complexity index is 524. The minimum Gasteiger partial charge on any atom is -0.325 e. The normalized spacial score (nSPS) is 12.7. The van der Waals surface area contributed by atoms with E-state index < -0.39 is 17.8 Å². The van der Waals surface area contributed by atoms with Gasteiger partial charge in [-0.3, -0.25) is 9.59 Å². The van der Waals surface area contributed by atoms with Gasteiger partial charge >= 0.3 is 0 Å². The fraction of sp³-hybridized carbons (Fsp3) is 0.429. The molecule has 0 aliphatic carbocycles. The van der Waals surface area contributed by atoms with E-state index in [1.54, 1.807) is 0 Å². The van der Waals surface area contributed by atoms with E-state index >= 15 is 0 Å². The predicted molar refractivity (Wildman–Crippen MR) is 76.8 cm³/mol. The molecule has 1 unspecified atom stereocenters. The van der Waals surface area contributed by atoms with Gasteiger partial charge in [-0.2, -0.15) is 0 Å². The molecule has 1 aromatic carbocycles. The zero-order valence-corrected chi connectivity index (χ0v) is 12.1. The second kappa shape index (κ2) is 6.00. The van der Waals surface area contributed by atoms with Crippen molar-refractivity contribution in [1.29, 1.82) is 0 Å². The van der Waals surface area contributed by atoms with Crippen molar-refractivity contribution in [1.82, 2.24) is 0 Å². The molecule has 20 heavy (non-hydrogen) atoms. The van der Waals surface area contributed by atoms with Crippen molar-refractivity contribution in [3.63, 3.8) is 0 Å². The smallest absolute Gasteiger partial charge is 0.241 e. The molecule has 0 saturated heterocycles. The van der Waals surface area contributed by atoms with Crippen LogP contribution in [0.5, 0.6) is 0 Å². The summed E-state index contributed by atoms with van der Waals surface area (Å²) in [6, 6.07) is 3.23. The van der Waals surface area contributed by atoms with Crippen molar-refractivity contribution in [3.8, 4) is 0 Å². The van der Waals surface area contributed by atoms with Crippen molar-refractivity contribution in [2.75, 3.05) is 10.6 Å². The number of hydrogen-bond donors (Lipinski definition) is 3. The highest BCUT2D eigenvalue weighted by Gasteiger charge is 2.27. The van der Waals surface area contributed by atoms with Crippen LogP contribution in [0, 0.1) is 11.2 Å². The summed E-state index contributed by atoms with van der Waals surface area (Å²) in [6.45, 7) is 6.83. The number of rotatable bonds is 3. The molecule has 1 atom stereocenters. The minimum absolute atomic E-state index is 0.0135. The van der Waals surface area contributed by atoms with Crippen LogP contribution in [0.3, 0.4) is 0 Å². The Kier molecular flexibility index (Phi) is 4.83. The van der Waals surface area contributed by atoms with Crippen molar-refractivity contribution in [2.45, 2.75) is 33.7 Å². The van der Waals surface area contributed by atoms with E-state index in [4.69, 9.17) is 5.73 Å². The van der Waals surface area contributed by atoms with Crippen LogP contribution in [0.25, 0.3) is 0 Å². The summed E-state index contributed by atoms with van der Waals surface area (Å²) >= 11 is 0. The van der Waals surface area contributed by atoms with Gasteiger partial charge in [-0.05, 0) is 23.6 Å².